The second kappa shape index (κ2) is 7.95. The Hall–Kier alpha value is -1.26. The number of rotatable bonds is 7. The van der Waals surface area contributed by atoms with Crippen LogP contribution in [0.3, 0.4) is 0 Å². The maximum absolute atomic E-state index is 11.4. The van der Waals surface area contributed by atoms with Gasteiger partial charge < -0.3 is 15.7 Å². The Kier molecular flexibility index (Phi) is 6.54. The number of amides is 2. The molecular formula is C13H24N2O3. The summed E-state index contributed by atoms with van der Waals surface area (Å²) >= 11 is 0. The zero-order valence-electron chi connectivity index (χ0n) is 11.1. The molecule has 0 aromatic rings. The first-order chi connectivity index (χ1) is 8.63. The molecule has 0 radical (unpaired) electrons. The van der Waals surface area contributed by atoms with Gasteiger partial charge >= 0.3 is 12.0 Å². The van der Waals surface area contributed by atoms with Crippen molar-refractivity contribution in [1.82, 2.24) is 10.6 Å². The van der Waals surface area contributed by atoms with Crippen LogP contribution in [0.25, 0.3) is 0 Å². The topological polar surface area (TPSA) is 78.4 Å². The molecule has 1 fully saturated rings. The molecule has 5 heteroatoms. The van der Waals surface area contributed by atoms with Crippen molar-refractivity contribution in [3.63, 3.8) is 0 Å². The Balaban J connectivity index is 2.07. The highest BCUT2D eigenvalue weighted by molar-refractivity contribution is 5.82. The van der Waals surface area contributed by atoms with Gasteiger partial charge in [0.1, 0.15) is 6.04 Å². The molecule has 3 N–H and O–H groups in total. The standard InChI is InChI=1S/C13H24N2O3/c1-2-11(12(16)17)15-13(18)14-9-5-8-10-6-3-4-7-10/h10-11H,2-9H2,1H3,(H,16,17)(H2,14,15,18). The molecule has 0 spiro atoms. The summed E-state index contributed by atoms with van der Waals surface area (Å²) in [4.78, 5) is 22.2. The van der Waals surface area contributed by atoms with Crippen molar-refractivity contribution in [1.29, 1.82) is 0 Å². The number of carbonyl (C=O) groups excluding carboxylic acids is 1. The predicted molar refractivity (Wildman–Crippen MR) is 69.4 cm³/mol. The number of urea groups is 1. The molecule has 1 saturated carbocycles. The van der Waals surface area contributed by atoms with Gasteiger partial charge in [-0.15, -0.1) is 0 Å². The van der Waals surface area contributed by atoms with Gasteiger partial charge in [0.25, 0.3) is 0 Å². The van der Waals surface area contributed by atoms with Crippen LogP contribution >= 0.6 is 0 Å². The third kappa shape index (κ3) is 5.38. The van der Waals surface area contributed by atoms with E-state index >= 15 is 0 Å². The first kappa shape index (κ1) is 14.8. The van der Waals surface area contributed by atoms with Crippen LogP contribution in [0.1, 0.15) is 51.9 Å². The third-order valence-corrected chi connectivity index (χ3v) is 3.56. The summed E-state index contributed by atoms with van der Waals surface area (Å²) in [5.74, 6) is -0.157. The summed E-state index contributed by atoms with van der Waals surface area (Å²) < 4.78 is 0. The van der Waals surface area contributed by atoms with Crippen LogP contribution in [0.2, 0.25) is 0 Å². The third-order valence-electron chi connectivity index (χ3n) is 3.56. The number of hydrogen-bond acceptors (Lipinski definition) is 2. The van der Waals surface area contributed by atoms with Crippen molar-refractivity contribution in [2.24, 2.45) is 5.92 Å². The van der Waals surface area contributed by atoms with Crippen LogP contribution in [0.4, 0.5) is 4.79 Å². The van der Waals surface area contributed by atoms with Gasteiger partial charge in [-0.1, -0.05) is 32.6 Å². The average molecular weight is 256 g/mol. The predicted octanol–water partition coefficient (Wildman–Crippen LogP) is 2.12. The highest BCUT2D eigenvalue weighted by atomic mass is 16.4. The summed E-state index contributed by atoms with van der Waals surface area (Å²) in [6.45, 7) is 2.36. The number of nitrogens with one attached hydrogen (secondary N) is 2. The average Bonchev–Trinajstić information content (AvgIpc) is 2.84. The fraction of sp³-hybridized carbons (Fsp3) is 0.846. The first-order valence-corrected chi connectivity index (χ1v) is 6.90. The largest absolute Gasteiger partial charge is 0.480 e. The Morgan fingerprint density at radius 1 is 1.33 bits per heavy atom. The smallest absolute Gasteiger partial charge is 0.326 e. The molecular weight excluding hydrogens is 232 g/mol. The minimum absolute atomic E-state index is 0.379. The lowest BCUT2D eigenvalue weighted by Crippen LogP contribution is -2.45. The zero-order valence-corrected chi connectivity index (χ0v) is 11.1. The van der Waals surface area contributed by atoms with E-state index in [-0.39, 0.29) is 6.03 Å². The second-order valence-corrected chi connectivity index (χ2v) is 4.99. The van der Waals surface area contributed by atoms with Gasteiger partial charge in [0.15, 0.2) is 0 Å². The number of hydrogen-bond donors (Lipinski definition) is 3. The van der Waals surface area contributed by atoms with Gasteiger partial charge in [0.2, 0.25) is 0 Å². The summed E-state index contributed by atoms with van der Waals surface area (Å²) in [5, 5.41) is 14.0. The minimum Gasteiger partial charge on any atom is -0.480 e. The van der Waals surface area contributed by atoms with Crippen LogP contribution in [0, 0.1) is 5.92 Å². The second-order valence-electron chi connectivity index (χ2n) is 4.99. The van der Waals surface area contributed by atoms with Crippen molar-refractivity contribution in [3.8, 4) is 0 Å². The molecule has 104 valence electrons. The maximum Gasteiger partial charge on any atom is 0.326 e. The van der Waals surface area contributed by atoms with E-state index in [1.54, 1.807) is 6.92 Å². The maximum atomic E-state index is 11.4. The normalized spacial score (nSPS) is 17.4. The van der Waals surface area contributed by atoms with E-state index in [9.17, 15) is 9.59 Å². The van der Waals surface area contributed by atoms with Crippen molar-refractivity contribution < 1.29 is 14.7 Å². The highest BCUT2D eigenvalue weighted by Gasteiger charge is 2.17. The van der Waals surface area contributed by atoms with Crippen LogP contribution in [-0.2, 0) is 4.79 Å². The summed E-state index contributed by atoms with van der Waals surface area (Å²) in [6, 6.07) is -1.17. The quantitative estimate of drug-likeness (QED) is 0.610. The van der Waals surface area contributed by atoms with Gasteiger partial charge in [0, 0.05) is 6.54 Å². The van der Waals surface area contributed by atoms with E-state index < -0.39 is 12.0 Å². The van der Waals surface area contributed by atoms with Crippen LogP contribution < -0.4 is 10.6 Å². The molecule has 0 saturated heterocycles. The molecule has 2 amide bonds. The molecule has 1 unspecified atom stereocenters. The summed E-state index contributed by atoms with van der Waals surface area (Å²) in [6.07, 6.45) is 7.86. The molecule has 0 aromatic carbocycles. The Bertz CT molecular complexity index is 275. The van der Waals surface area contributed by atoms with E-state index in [1.165, 1.54) is 25.7 Å². The Morgan fingerprint density at radius 3 is 2.56 bits per heavy atom. The molecule has 1 rings (SSSR count). The van der Waals surface area contributed by atoms with E-state index in [1.807, 2.05) is 0 Å². The summed E-state index contributed by atoms with van der Waals surface area (Å²) in [5.41, 5.74) is 0. The van der Waals surface area contributed by atoms with E-state index in [0.717, 1.165) is 18.8 Å². The minimum atomic E-state index is -0.987. The number of carboxylic acids is 1. The van der Waals surface area contributed by atoms with Gasteiger partial charge in [-0.05, 0) is 25.2 Å². The van der Waals surface area contributed by atoms with E-state index in [2.05, 4.69) is 10.6 Å². The Labute approximate surface area is 108 Å². The van der Waals surface area contributed by atoms with Crippen LogP contribution in [-0.4, -0.2) is 29.7 Å². The first-order valence-electron chi connectivity index (χ1n) is 6.90. The lowest BCUT2D eigenvalue weighted by atomic mass is 10.0. The molecule has 0 aliphatic heterocycles. The zero-order chi connectivity index (χ0) is 13.4. The molecule has 1 aliphatic rings. The fourth-order valence-corrected chi connectivity index (χ4v) is 2.44. The molecule has 0 bridgehead atoms. The molecule has 0 aromatic heterocycles. The van der Waals surface area contributed by atoms with Crippen LogP contribution in [0.15, 0.2) is 0 Å². The molecule has 18 heavy (non-hydrogen) atoms. The molecule has 5 nitrogen and oxygen atoms in total. The van der Waals surface area contributed by atoms with Crippen molar-refractivity contribution in [2.45, 2.75) is 57.9 Å². The van der Waals surface area contributed by atoms with Crippen molar-refractivity contribution in [2.75, 3.05) is 6.54 Å². The lowest BCUT2D eigenvalue weighted by molar-refractivity contribution is -0.139. The number of aliphatic carboxylic acids is 1. The van der Waals surface area contributed by atoms with E-state index in [4.69, 9.17) is 5.11 Å². The van der Waals surface area contributed by atoms with Gasteiger partial charge in [-0.25, -0.2) is 9.59 Å². The van der Waals surface area contributed by atoms with Gasteiger partial charge in [0.05, 0.1) is 0 Å². The summed E-state index contributed by atoms with van der Waals surface area (Å²) in [7, 11) is 0. The molecule has 0 heterocycles. The SMILES string of the molecule is CCC(NC(=O)NCCCC1CCCC1)C(=O)O. The van der Waals surface area contributed by atoms with Gasteiger partial charge in [-0.2, -0.15) is 0 Å². The Morgan fingerprint density at radius 2 is 2.00 bits per heavy atom. The number of carbonyl (C=O) groups is 2. The monoisotopic (exact) mass is 256 g/mol. The van der Waals surface area contributed by atoms with Crippen molar-refractivity contribution in [3.05, 3.63) is 0 Å². The lowest BCUT2D eigenvalue weighted by Gasteiger charge is -2.13. The van der Waals surface area contributed by atoms with Crippen LogP contribution in [0.5, 0.6) is 0 Å². The van der Waals surface area contributed by atoms with Crippen molar-refractivity contribution >= 4 is 12.0 Å². The highest BCUT2D eigenvalue weighted by Crippen LogP contribution is 2.28. The molecule has 1 atom stereocenters. The molecule has 1 aliphatic carbocycles. The number of carboxylic acid groups (broad SMARTS) is 1. The van der Waals surface area contributed by atoms with Gasteiger partial charge in [-0.3, -0.25) is 0 Å². The fourth-order valence-electron chi connectivity index (χ4n) is 2.44. The van der Waals surface area contributed by atoms with E-state index in [0.29, 0.717) is 13.0 Å².